The molecule has 0 spiro atoms. The molecular formula is C29H33F4N7O2. The number of likely N-dealkylation sites (tertiary alicyclic amines) is 1. The number of likely N-dealkylation sites (N-methyl/N-ethyl adjacent to an activating group) is 1. The second-order valence-corrected chi connectivity index (χ2v) is 10.8. The average Bonchev–Trinajstić information content (AvgIpc) is 3.38. The molecule has 1 aromatic heterocycles. The molecule has 5 rings (SSSR count). The molecule has 0 saturated carbocycles. The molecule has 0 aliphatic carbocycles. The number of piperazine rings is 1. The first-order chi connectivity index (χ1) is 20.1. The van der Waals surface area contributed by atoms with E-state index in [4.69, 9.17) is 16.3 Å². The molecule has 0 N–H and O–H groups in total. The summed E-state index contributed by atoms with van der Waals surface area (Å²) < 4.78 is 62.0. The minimum Gasteiger partial charge on any atom is -0.462 e. The van der Waals surface area contributed by atoms with E-state index >= 15 is 0 Å². The number of carbonyl (C=O) groups is 1. The third-order valence-electron chi connectivity index (χ3n) is 8.26. The van der Waals surface area contributed by atoms with E-state index in [9.17, 15) is 22.4 Å². The molecule has 2 fully saturated rings. The number of rotatable bonds is 7. The van der Waals surface area contributed by atoms with Crippen molar-refractivity contribution in [3.63, 3.8) is 0 Å². The molecule has 0 unspecified atom stereocenters. The summed E-state index contributed by atoms with van der Waals surface area (Å²) in [5.41, 5.74) is -0.262. The van der Waals surface area contributed by atoms with Crippen molar-refractivity contribution in [1.29, 1.82) is 0 Å². The fraction of sp³-hybridized carbons (Fsp3) is 0.517. The number of hydrogen-bond acceptors (Lipinski definition) is 7. The Hall–Kier alpha value is -3.92. The number of ether oxygens (including phenoxy) is 1. The molecule has 2 atom stereocenters. The summed E-state index contributed by atoms with van der Waals surface area (Å²) in [6.07, 6.45) is -1.27. The van der Waals surface area contributed by atoms with Gasteiger partial charge in [0.15, 0.2) is 0 Å². The molecule has 1 aromatic carbocycles. The van der Waals surface area contributed by atoms with E-state index in [2.05, 4.69) is 21.3 Å². The molecule has 4 heterocycles. The van der Waals surface area contributed by atoms with Gasteiger partial charge < -0.3 is 29.2 Å². The van der Waals surface area contributed by atoms with E-state index in [1.165, 1.54) is 23.1 Å². The minimum absolute atomic E-state index is 0.0114. The van der Waals surface area contributed by atoms with Gasteiger partial charge in [-0.15, -0.1) is 0 Å². The number of halogens is 4. The van der Waals surface area contributed by atoms with Crippen molar-refractivity contribution in [2.45, 2.75) is 44.1 Å². The van der Waals surface area contributed by atoms with E-state index in [-0.39, 0.29) is 49.3 Å². The third kappa shape index (κ3) is 5.99. The Morgan fingerprint density at radius 3 is 2.69 bits per heavy atom. The van der Waals surface area contributed by atoms with E-state index < -0.39 is 17.6 Å². The number of nitrogens with zero attached hydrogens (tertiary/aromatic N) is 7. The van der Waals surface area contributed by atoms with E-state index in [1.807, 2.05) is 11.9 Å². The first-order valence-corrected chi connectivity index (χ1v) is 13.9. The van der Waals surface area contributed by atoms with Crippen molar-refractivity contribution in [3.8, 4) is 6.01 Å². The highest BCUT2D eigenvalue weighted by atomic mass is 19.4. The monoisotopic (exact) mass is 587 g/mol. The highest BCUT2D eigenvalue weighted by Crippen LogP contribution is 2.40. The zero-order chi connectivity index (χ0) is 30.0. The first-order valence-electron chi connectivity index (χ1n) is 13.9. The van der Waals surface area contributed by atoms with Crippen LogP contribution in [-0.4, -0.2) is 90.7 Å². The molecule has 2 aromatic rings. The van der Waals surface area contributed by atoms with Crippen LogP contribution in [0, 0.1) is 12.4 Å². The van der Waals surface area contributed by atoms with Gasteiger partial charge >= 0.3 is 12.2 Å². The van der Waals surface area contributed by atoms with Gasteiger partial charge in [0, 0.05) is 37.8 Å². The normalized spacial score (nSPS) is 21.2. The van der Waals surface area contributed by atoms with E-state index in [0.717, 1.165) is 31.0 Å². The van der Waals surface area contributed by atoms with E-state index in [0.29, 0.717) is 44.2 Å². The Morgan fingerprint density at radius 1 is 1.19 bits per heavy atom. The Kier molecular flexibility index (Phi) is 8.54. The number of alkyl halides is 3. The van der Waals surface area contributed by atoms with Gasteiger partial charge in [-0.3, -0.25) is 4.79 Å². The third-order valence-corrected chi connectivity index (χ3v) is 8.26. The molecule has 9 nitrogen and oxygen atoms in total. The van der Waals surface area contributed by atoms with Crippen LogP contribution in [0.1, 0.15) is 29.7 Å². The predicted octanol–water partition coefficient (Wildman–Crippen LogP) is 3.79. The standard InChI is InChI=1S/C29H33F4N7O2/c1-4-25(41)40-14-13-39(16-20(40)15-34-2)27-21-10-12-38(24-9-5-8-22(30)26(24)29(31,32)33)17-23(21)35-28(36-27)42-18-19-7-6-11-37(19)3/h4-5,8-9,19-20H,1,6-7,10-18H2,3H3/t19-,20-/m0/s1. The quantitative estimate of drug-likeness (QED) is 0.278. The van der Waals surface area contributed by atoms with Crippen LogP contribution < -0.4 is 14.5 Å². The van der Waals surface area contributed by atoms with Gasteiger partial charge in [-0.2, -0.15) is 23.1 Å². The average molecular weight is 588 g/mol. The van der Waals surface area contributed by atoms with Crippen molar-refractivity contribution in [2.24, 2.45) is 0 Å². The summed E-state index contributed by atoms with van der Waals surface area (Å²) >= 11 is 0. The molecule has 3 aliphatic heterocycles. The van der Waals surface area contributed by atoms with Crippen molar-refractivity contribution in [2.75, 3.05) is 62.7 Å². The van der Waals surface area contributed by atoms with Crippen LogP contribution in [0.2, 0.25) is 0 Å². The Balaban J connectivity index is 1.49. The summed E-state index contributed by atoms with van der Waals surface area (Å²) in [6.45, 7) is 13.8. The van der Waals surface area contributed by atoms with Gasteiger partial charge in [0.05, 0.1) is 17.9 Å². The molecule has 0 radical (unpaired) electrons. The lowest BCUT2D eigenvalue weighted by molar-refractivity contribution is -0.139. The fourth-order valence-electron chi connectivity index (χ4n) is 6.05. The van der Waals surface area contributed by atoms with Gasteiger partial charge in [-0.25, -0.2) is 11.0 Å². The van der Waals surface area contributed by atoms with Crippen molar-refractivity contribution >= 4 is 17.4 Å². The van der Waals surface area contributed by atoms with Crippen LogP contribution in [0.4, 0.5) is 29.1 Å². The SMILES string of the molecule is [C-]#[N+]C[C@H]1CN(c2nc(OC[C@@H]3CCCN3C)nc3c2CCN(c2cccc(F)c2C(F)(F)F)C3)CCN1C(=O)C=C. The first kappa shape index (κ1) is 29.6. The van der Waals surface area contributed by atoms with E-state index in [1.54, 1.807) is 4.90 Å². The number of amides is 1. The second-order valence-electron chi connectivity index (χ2n) is 10.8. The number of aromatic nitrogens is 2. The van der Waals surface area contributed by atoms with Crippen molar-refractivity contribution < 1.29 is 27.1 Å². The van der Waals surface area contributed by atoms with Gasteiger partial charge in [-0.05, 0) is 51.1 Å². The fourth-order valence-corrected chi connectivity index (χ4v) is 6.05. The summed E-state index contributed by atoms with van der Waals surface area (Å²) in [6, 6.07) is 3.29. The smallest absolute Gasteiger partial charge is 0.421 e. The van der Waals surface area contributed by atoms with Gasteiger partial charge in [0.2, 0.25) is 12.5 Å². The van der Waals surface area contributed by atoms with Crippen molar-refractivity contribution in [3.05, 3.63) is 64.9 Å². The lowest BCUT2D eigenvalue weighted by Crippen LogP contribution is -2.56. The number of hydrogen-bond donors (Lipinski definition) is 0. The highest BCUT2D eigenvalue weighted by Gasteiger charge is 2.40. The zero-order valence-corrected chi connectivity index (χ0v) is 23.4. The van der Waals surface area contributed by atoms with Crippen LogP contribution in [0.15, 0.2) is 30.9 Å². The molecule has 0 bridgehead atoms. The highest BCUT2D eigenvalue weighted by molar-refractivity contribution is 5.87. The Morgan fingerprint density at radius 2 is 2.00 bits per heavy atom. The van der Waals surface area contributed by atoms with Crippen LogP contribution in [0.3, 0.4) is 0 Å². The Labute approximate surface area is 242 Å². The Bertz CT molecular complexity index is 1380. The molecule has 2 saturated heterocycles. The number of fused-ring (bicyclic) bond motifs is 1. The van der Waals surface area contributed by atoms with Gasteiger partial charge in [0.25, 0.3) is 0 Å². The molecule has 224 valence electrons. The molecule has 42 heavy (non-hydrogen) atoms. The largest absolute Gasteiger partial charge is 0.462 e. The van der Waals surface area contributed by atoms with Crippen LogP contribution >= 0.6 is 0 Å². The lowest BCUT2D eigenvalue weighted by atomic mass is 10.0. The van der Waals surface area contributed by atoms with Crippen molar-refractivity contribution in [1.82, 2.24) is 19.8 Å². The lowest BCUT2D eigenvalue weighted by Gasteiger charge is -2.41. The van der Waals surface area contributed by atoms with Gasteiger partial charge in [0.1, 0.15) is 29.8 Å². The summed E-state index contributed by atoms with van der Waals surface area (Å²) in [5, 5.41) is 0. The molecule has 1 amide bonds. The summed E-state index contributed by atoms with van der Waals surface area (Å²) in [5.74, 6) is -0.981. The number of carbonyl (C=O) groups excluding carboxylic acids is 1. The number of anilines is 2. The summed E-state index contributed by atoms with van der Waals surface area (Å²) in [4.78, 5) is 32.7. The van der Waals surface area contributed by atoms with Crippen LogP contribution in [-0.2, 0) is 23.9 Å². The zero-order valence-electron chi connectivity index (χ0n) is 23.4. The second kappa shape index (κ2) is 12.1. The summed E-state index contributed by atoms with van der Waals surface area (Å²) in [7, 11) is 2.02. The molecular weight excluding hydrogens is 554 g/mol. The molecule has 3 aliphatic rings. The minimum atomic E-state index is -4.86. The maximum atomic E-state index is 14.4. The van der Waals surface area contributed by atoms with Gasteiger partial charge in [-0.1, -0.05) is 12.6 Å². The van der Waals surface area contributed by atoms with Crippen LogP contribution in [0.5, 0.6) is 6.01 Å². The maximum Gasteiger partial charge on any atom is 0.421 e. The maximum absolute atomic E-state index is 14.4. The molecule has 13 heteroatoms. The number of benzene rings is 1. The topological polar surface area (TPSA) is 69.4 Å². The predicted molar refractivity (Wildman–Crippen MR) is 149 cm³/mol. The van der Waals surface area contributed by atoms with Crippen LogP contribution in [0.25, 0.3) is 4.85 Å².